The third-order valence-corrected chi connectivity index (χ3v) is 5.84. The molecule has 0 radical (unpaired) electrons. The molecule has 1 fully saturated rings. The second kappa shape index (κ2) is 8.32. The highest BCUT2D eigenvalue weighted by molar-refractivity contribution is 5.95. The van der Waals surface area contributed by atoms with E-state index in [1.54, 1.807) is 19.9 Å². The van der Waals surface area contributed by atoms with Crippen LogP contribution in [0.5, 0.6) is 0 Å². The molecular formula is C22H28O10. The average molecular weight is 452 g/mol. The van der Waals surface area contributed by atoms with Crippen molar-refractivity contribution in [2.24, 2.45) is 0 Å². The molecule has 3 rings (SSSR count). The fourth-order valence-electron chi connectivity index (χ4n) is 4.27. The Labute approximate surface area is 185 Å². The van der Waals surface area contributed by atoms with Crippen molar-refractivity contribution >= 4 is 23.9 Å². The number of carbonyl (C=O) groups is 4. The monoisotopic (exact) mass is 452 g/mol. The van der Waals surface area contributed by atoms with Crippen LogP contribution in [-0.2, 0) is 42.9 Å². The lowest BCUT2D eigenvalue weighted by Gasteiger charge is -2.42. The number of hydrogen-bond acceptors (Lipinski definition) is 10. The molecule has 0 aliphatic carbocycles. The van der Waals surface area contributed by atoms with E-state index < -0.39 is 53.6 Å². The minimum absolute atomic E-state index is 0.000868. The Morgan fingerprint density at radius 3 is 2.47 bits per heavy atom. The summed E-state index contributed by atoms with van der Waals surface area (Å²) < 4.78 is 27.7. The van der Waals surface area contributed by atoms with Crippen LogP contribution < -0.4 is 0 Å². The smallest absolute Gasteiger partial charge is 0.343 e. The molecule has 1 saturated heterocycles. The molecule has 0 amide bonds. The topological polar surface area (TPSA) is 135 Å². The summed E-state index contributed by atoms with van der Waals surface area (Å²) in [6, 6.07) is 0. The molecule has 0 aromatic rings. The Morgan fingerprint density at radius 1 is 1.19 bits per heavy atom. The zero-order valence-corrected chi connectivity index (χ0v) is 18.8. The Bertz CT molecular complexity index is 914. The van der Waals surface area contributed by atoms with Crippen molar-refractivity contribution in [2.75, 3.05) is 6.61 Å². The summed E-state index contributed by atoms with van der Waals surface area (Å²) in [6.45, 7) is 6.74. The Balaban J connectivity index is 2.19. The second-order valence-electron chi connectivity index (χ2n) is 8.64. The number of aliphatic hydroxyl groups is 1. The van der Waals surface area contributed by atoms with Gasteiger partial charge < -0.3 is 28.8 Å². The molecule has 32 heavy (non-hydrogen) atoms. The van der Waals surface area contributed by atoms with Gasteiger partial charge in [-0.2, -0.15) is 0 Å². The van der Waals surface area contributed by atoms with Gasteiger partial charge in [0.1, 0.15) is 24.1 Å². The SMILES string of the molecule is CCC(=O)O[C@H]1C[C@@](C)(O)[C@]2(OC(C)=O)CC[C@](C)(/C=C3/OC(=O)C(COC(C)=O)=C31)O2. The molecule has 4 atom stereocenters. The van der Waals surface area contributed by atoms with E-state index in [-0.39, 0.29) is 36.2 Å². The molecule has 176 valence electrons. The lowest BCUT2D eigenvalue weighted by Crippen LogP contribution is -2.57. The molecule has 3 heterocycles. The second-order valence-corrected chi connectivity index (χ2v) is 8.64. The first-order valence-corrected chi connectivity index (χ1v) is 10.4. The zero-order chi connectivity index (χ0) is 23.9. The normalized spacial score (nSPS) is 35.5. The van der Waals surface area contributed by atoms with Crippen LogP contribution in [0.3, 0.4) is 0 Å². The predicted molar refractivity (Wildman–Crippen MR) is 106 cm³/mol. The standard InChI is InChI=1S/C22H28O10/c1-6-17(25)29-16-10-21(5,27)22(31-13(3)24)8-7-20(4,32-22)9-15-18(16)14(19(26)30-15)11-28-12(2)23/h9,16,27H,6-8,10-11H2,1-5H3/b15-9+/t16-,20+,21+,22-/m0/s1. The summed E-state index contributed by atoms with van der Waals surface area (Å²) in [7, 11) is 0. The van der Waals surface area contributed by atoms with Crippen LogP contribution >= 0.6 is 0 Å². The lowest BCUT2D eigenvalue weighted by molar-refractivity contribution is -0.305. The zero-order valence-electron chi connectivity index (χ0n) is 18.8. The summed E-state index contributed by atoms with van der Waals surface area (Å²) in [4.78, 5) is 48.1. The van der Waals surface area contributed by atoms with Crippen molar-refractivity contribution < 1.29 is 48.0 Å². The number of rotatable bonds is 5. The Hall–Kier alpha value is -2.72. The van der Waals surface area contributed by atoms with E-state index in [1.165, 1.54) is 20.8 Å². The van der Waals surface area contributed by atoms with Crippen LogP contribution in [-0.4, -0.2) is 58.7 Å². The molecule has 2 bridgehead atoms. The van der Waals surface area contributed by atoms with E-state index in [1.807, 2.05) is 0 Å². The van der Waals surface area contributed by atoms with Gasteiger partial charge in [0.05, 0.1) is 11.2 Å². The number of ether oxygens (including phenoxy) is 5. The molecule has 0 saturated carbocycles. The third-order valence-electron chi connectivity index (χ3n) is 5.84. The molecule has 0 aromatic heterocycles. The fourth-order valence-corrected chi connectivity index (χ4v) is 4.27. The van der Waals surface area contributed by atoms with Gasteiger partial charge in [0, 0.05) is 38.7 Å². The first-order valence-electron chi connectivity index (χ1n) is 10.4. The lowest BCUT2D eigenvalue weighted by atomic mass is 9.82. The molecule has 10 nitrogen and oxygen atoms in total. The van der Waals surface area contributed by atoms with Crippen molar-refractivity contribution in [3.8, 4) is 0 Å². The maximum absolute atomic E-state index is 12.6. The van der Waals surface area contributed by atoms with Crippen LogP contribution in [0.1, 0.15) is 60.3 Å². The average Bonchev–Trinajstić information content (AvgIpc) is 3.16. The maximum Gasteiger partial charge on any atom is 0.343 e. The molecule has 3 aliphatic rings. The van der Waals surface area contributed by atoms with Gasteiger partial charge in [-0.25, -0.2) is 4.79 Å². The highest BCUT2D eigenvalue weighted by Crippen LogP contribution is 2.51. The van der Waals surface area contributed by atoms with E-state index in [9.17, 15) is 24.3 Å². The van der Waals surface area contributed by atoms with Gasteiger partial charge in [-0.15, -0.1) is 0 Å². The fraction of sp³-hybridized carbons (Fsp3) is 0.636. The molecule has 0 spiro atoms. The summed E-state index contributed by atoms with van der Waals surface area (Å²) in [5.41, 5.74) is -2.70. The number of esters is 4. The van der Waals surface area contributed by atoms with Crippen molar-refractivity contribution in [2.45, 2.75) is 83.4 Å². The van der Waals surface area contributed by atoms with Gasteiger partial charge >= 0.3 is 23.9 Å². The van der Waals surface area contributed by atoms with Gasteiger partial charge in [0.15, 0.2) is 0 Å². The molecule has 3 aliphatic heterocycles. The number of carbonyl (C=O) groups excluding carboxylic acids is 4. The first kappa shape index (κ1) is 23.9. The summed E-state index contributed by atoms with van der Waals surface area (Å²) >= 11 is 0. The first-order chi connectivity index (χ1) is 14.8. The van der Waals surface area contributed by atoms with E-state index in [4.69, 9.17) is 23.7 Å². The Kier molecular flexibility index (Phi) is 6.23. The van der Waals surface area contributed by atoms with Crippen LogP contribution in [0.15, 0.2) is 23.0 Å². The van der Waals surface area contributed by atoms with E-state index in [0.717, 1.165) is 0 Å². The van der Waals surface area contributed by atoms with Gasteiger partial charge in [-0.05, 0) is 26.3 Å². The van der Waals surface area contributed by atoms with Crippen LogP contribution in [0.25, 0.3) is 0 Å². The van der Waals surface area contributed by atoms with Gasteiger partial charge in [-0.3, -0.25) is 14.4 Å². The molecule has 10 heteroatoms. The quantitative estimate of drug-likeness (QED) is 0.484. The summed E-state index contributed by atoms with van der Waals surface area (Å²) in [5.74, 6) is -4.21. The molecule has 1 N–H and O–H groups in total. The summed E-state index contributed by atoms with van der Waals surface area (Å²) in [5, 5.41) is 11.5. The van der Waals surface area contributed by atoms with E-state index >= 15 is 0 Å². The predicted octanol–water partition coefficient (Wildman–Crippen LogP) is 1.59. The minimum atomic E-state index is -1.82. The van der Waals surface area contributed by atoms with Crippen molar-refractivity contribution in [1.82, 2.24) is 0 Å². The highest BCUT2D eigenvalue weighted by atomic mass is 16.7. The summed E-state index contributed by atoms with van der Waals surface area (Å²) in [6.07, 6.45) is 0.683. The number of hydrogen-bond donors (Lipinski definition) is 1. The van der Waals surface area contributed by atoms with Crippen molar-refractivity contribution in [3.05, 3.63) is 23.0 Å². The largest absolute Gasteiger partial charge is 0.461 e. The van der Waals surface area contributed by atoms with Gasteiger partial charge in [0.2, 0.25) is 5.79 Å². The molecular weight excluding hydrogens is 424 g/mol. The van der Waals surface area contributed by atoms with E-state index in [2.05, 4.69) is 0 Å². The van der Waals surface area contributed by atoms with Crippen LogP contribution in [0, 0.1) is 0 Å². The minimum Gasteiger partial charge on any atom is -0.461 e. The van der Waals surface area contributed by atoms with Crippen molar-refractivity contribution in [1.29, 1.82) is 0 Å². The molecule has 0 unspecified atom stereocenters. The Morgan fingerprint density at radius 2 is 1.88 bits per heavy atom. The van der Waals surface area contributed by atoms with Gasteiger partial charge in [0.25, 0.3) is 0 Å². The maximum atomic E-state index is 12.6. The molecule has 0 aromatic carbocycles. The van der Waals surface area contributed by atoms with Gasteiger partial charge in [-0.1, -0.05) is 6.92 Å². The van der Waals surface area contributed by atoms with Crippen molar-refractivity contribution in [3.63, 3.8) is 0 Å². The van der Waals surface area contributed by atoms with Crippen LogP contribution in [0.2, 0.25) is 0 Å². The third kappa shape index (κ3) is 4.42. The highest BCUT2D eigenvalue weighted by Gasteiger charge is 2.62. The van der Waals surface area contributed by atoms with E-state index in [0.29, 0.717) is 6.42 Å². The number of fused-ring (bicyclic) bond motifs is 3. The van der Waals surface area contributed by atoms with Crippen LogP contribution in [0.4, 0.5) is 0 Å².